The standard InChI is InChI=1S/C17H29N3O/c1-5-9-15-19-16(18-4)12(3)17(20-15)21-14-11-8-7-10-13(14)6-2/h13-14H,5-11H2,1-4H3,(H,18,19,20). The molecule has 0 radical (unpaired) electrons. The Balaban J connectivity index is 2.22. The summed E-state index contributed by atoms with van der Waals surface area (Å²) in [5.41, 5.74) is 1.03. The van der Waals surface area contributed by atoms with Crippen LogP contribution in [0.15, 0.2) is 0 Å². The van der Waals surface area contributed by atoms with Crippen LogP contribution >= 0.6 is 0 Å². The molecule has 4 heteroatoms. The summed E-state index contributed by atoms with van der Waals surface area (Å²) in [6, 6.07) is 0. The summed E-state index contributed by atoms with van der Waals surface area (Å²) in [5.74, 6) is 3.22. The first-order chi connectivity index (χ1) is 10.2. The van der Waals surface area contributed by atoms with Gasteiger partial charge in [0.1, 0.15) is 17.7 Å². The van der Waals surface area contributed by atoms with Gasteiger partial charge in [-0.1, -0.05) is 20.3 Å². The molecule has 1 aliphatic rings. The highest BCUT2D eigenvalue weighted by Gasteiger charge is 2.26. The maximum absolute atomic E-state index is 6.33. The Morgan fingerprint density at radius 3 is 2.62 bits per heavy atom. The van der Waals surface area contributed by atoms with Crippen molar-refractivity contribution < 1.29 is 4.74 Å². The van der Waals surface area contributed by atoms with Gasteiger partial charge in [-0.2, -0.15) is 4.98 Å². The molecular weight excluding hydrogens is 262 g/mol. The van der Waals surface area contributed by atoms with Gasteiger partial charge in [-0.15, -0.1) is 0 Å². The van der Waals surface area contributed by atoms with E-state index in [-0.39, 0.29) is 0 Å². The largest absolute Gasteiger partial charge is 0.474 e. The molecule has 2 unspecified atom stereocenters. The van der Waals surface area contributed by atoms with Crippen LogP contribution in [0.2, 0.25) is 0 Å². The van der Waals surface area contributed by atoms with Crippen LogP contribution in [0.1, 0.15) is 63.8 Å². The van der Waals surface area contributed by atoms with Crippen LogP contribution in [0.25, 0.3) is 0 Å². The second-order valence-corrected chi connectivity index (χ2v) is 6.03. The van der Waals surface area contributed by atoms with E-state index in [0.29, 0.717) is 12.0 Å². The topological polar surface area (TPSA) is 47.0 Å². The summed E-state index contributed by atoms with van der Waals surface area (Å²) in [7, 11) is 1.91. The number of hydrogen-bond donors (Lipinski definition) is 1. The Kier molecular flexibility index (Phi) is 5.83. The molecule has 0 aromatic carbocycles. The van der Waals surface area contributed by atoms with Gasteiger partial charge in [0.15, 0.2) is 0 Å². The predicted octanol–water partition coefficient (Wildman–Crippen LogP) is 4.13. The van der Waals surface area contributed by atoms with E-state index in [0.717, 1.165) is 42.3 Å². The Hall–Kier alpha value is -1.32. The number of aryl methyl sites for hydroxylation is 1. The third kappa shape index (κ3) is 3.86. The molecule has 2 rings (SSSR count). The first kappa shape index (κ1) is 16.1. The van der Waals surface area contributed by atoms with E-state index in [2.05, 4.69) is 29.1 Å². The number of aromatic nitrogens is 2. The second-order valence-electron chi connectivity index (χ2n) is 6.03. The zero-order valence-corrected chi connectivity index (χ0v) is 13.9. The second kappa shape index (κ2) is 7.62. The first-order valence-electron chi connectivity index (χ1n) is 8.41. The van der Waals surface area contributed by atoms with Crippen LogP contribution in [-0.4, -0.2) is 23.1 Å². The van der Waals surface area contributed by atoms with Gasteiger partial charge in [-0.25, -0.2) is 4.98 Å². The minimum Gasteiger partial charge on any atom is -0.474 e. The Morgan fingerprint density at radius 2 is 1.95 bits per heavy atom. The number of nitrogens with zero attached hydrogens (tertiary/aromatic N) is 2. The van der Waals surface area contributed by atoms with Crippen molar-refractivity contribution in [2.75, 3.05) is 12.4 Å². The van der Waals surface area contributed by atoms with Crippen LogP contribution in [-0.2, 0) is 6.42 Å². The van der Waals surface area contributed by atoms with Crippen molar-refractivity contribution in [3.63, 3.8) is 0 Å². The highest BCUT2D eigenvalue weighted by molar-refractivity contribution is 5.48. The highest BCUT2D eigenvalue weighted by atomic mass is 16.5. The van der Waals surface area contributed by atoms with Gasteiger partial charge in [0, 0.05) is 13.5 Å². The molecule has 0 saturated heterocycles. The van der Waals surface area contributed by atoms with Crippen molar-refractivity contribution >= 4 is 5.82 Å². The molecule has 0 amide bonds. The average Bonchev–Trinajstić information content (AvgIpc) is 2.51. The van der Waals surface area contributed by atoms with Gasteiger partial charge >= 0.3 is 0 Å². The lowest BCUT2D eigenvalue weighted by Crippen LogP contribution is -2.30. The van der Waals surface area contributed by atoms with Crippen molar-refractivity contribution in [1.29, 1.82) is 0 Å². The van der Waals surface area contributed by atoms with E-state index in [1.807, 2.05) is 14.0 Å². The molecule has 1 aliphatic carbocycles. The number of anilines is 1. The molecule has 0 spiro atoms. The maximum atomic E-state index is 6.33. The zero-order chi connectivity index (χ0) is 15.2. The number of hydrogen-bond acceptors (Lipinski definition) is 4. The molecule has 1 N–H and O–H groups in total. The lowest BCUT2D eigenvalue weighted by atomic mass is 9.85. The van der Waals surface area contributed by atoms with E-state index in [4.69, 9.17) is 4.74 Å². The number of ether oxygens (including phenoxy) is 1. The van der Waals surface area contributed by atoms with E-state index in [9.17, 15) is 0 Å². The first-order valence-corrected chi connectivity index (χ1v) is 8.41. The van der Waals surface area contributed by atoms with Crippen molar-refractivity contribution in [2.24, 2.45) is 5.92 Å². The molecule has 2 atom stereocenters. The molecule has 1 heterocycles. The third-order valence-electron chi connectivity index (χ3n) is 4.48. The Labute approximate surface area is 128 Å². The molecule has 0 bridgehead atoms. The molecular formula is C17H29N3O. The van der Waals surface area contributed by atoms with Crippen molar-refractivity contribution in [3.05, 3.63) is 11.4 Å². The third-order valence-corrected chi connectivity index (χ3v) is 4.48. The van der Waals surface area contributed by atoms with Gasteiger partial charge in [0.05, 0.1) is 5.56 Å². The van der Waals surface area contributed by atoms with Crippen LogP contribution in [0, 0.1) is 12.8 Å². The molecule has 1 saturated carbocycles. The van der Waals surface area contributed by atoms with E-state index in [1.54, 1.807) is 0 Å². The lowest BCUT2D eigenvalue weighted by Gasteiger charge is -2.31. The monoisotopic (exact) mass is 291 g/mol. The number of rotatable bonds is 6. The highest BCUT2D eigenvalue weighted by Crippen LogP contribution is 2.32. The Morgan fingerprint density at radius 1 is 1.19 bits per heavy atom. The summed E-state index contributed by atoms with van der Waals surface area (Å²) in [4.78, 5) is 9.23. The van der Waals surface area contributed by atoms with Gasteiger partial charge in [0.25, 0.3) is 0 Å². The Bertz CT molecular complexity index is 462. The lowest BCUT2D eigenvalue weighted by molar-refractivity contribution is 0.0848. The smallest absolute Gasteiger partial charge is 0.222 e. The predicted molar refractivity (Wildman–Crippen MR) is 87.0 cm³/mol. The molecule has 1 fully saturated rings. The molecule has 21 heavy (non-hydrogen) atoms. The van der Waals surface area contributed by atoms with E-state index in [1.165, 1.54) is 25.7 Å². The minimum atomic E-state index is 0.316. The summed E-state index contributed by atoms with van der Waals surface area (Å²) >= 11 is 0. The van der Waals surface area contributed by atoms with Gasteiger partial charge in [-0.05, 0) is 44.9 Å². The van der Waals surface area contributed by atoms with Crippen molar-refractivity contribution in [1.82, 2.24) is 9.97 Å². The van der Waals surface area contributed by atoms with Crippen LogP contribution in [0.3, 0.4) is 0 Å². The average molecular weight is 291 g/mol. The van der Waals surface area contributed by atoms with E-state index < -0.39 is 0 Å². The normalized spacial score (nSPS) is 22.1. The number of nitrogens with one attached hydrogen (secondary N) is 1. The molecule has 118 valence electrons. The van der Waals surface area contributed by atoms with Crippen LogP contribution in [0.4, 0.5) is 5.82 Å². The summed E-state index contributed by atoms with van der Waals surface area (Å²) in [6.45, 7) is 6.46. The van der Waals surface area contributed by atoms with Gasteiger partial charge in [-0.3, -0.25) is 0 Å². The fourth-order valence-electron chi connectivity index (χ4n) is 3.17. The van der Waals surface area contributed by atoms with Gasteiger partial charge < -0.3 is 10.1 Å². The SMILES string of the molecule is CCCc1nc(NC)c(C)c(OC2CCCCC2CC)n1. The maximum Gasteiger partial charge on any atom is 0.222 e. The van der Waals surface area contributed by atoms with E-state index >= 15 is 0 Å². The molecule has 1 aromatic heterocycles. The quantitative estimate of drug-likeness (QED) is 0.856. The molecule has 0 aliphatic heterocycles. The minimum absolute atomic E-state index is 0.316. The van der Waals surface area contributed by atoms with Crippen molar-refractivity contribution in [2.45, 2.75) is 71.8 Å². The summed E-state index contributed by atoms with van der Waals surface area (Å²) < 4.78 is 6.33. The zero-order valence-electron chi connectivity index (χ0n) is 13.9. The van der Waals surface area contributed by atoms with Gasteiger partial charge in [0.2, 0.25) is 5.88 Å². The molecule has 4 nitrogen and oxygen atoms in total. The van der Waals surface area contributed by atoms with Crippen molar-refractivity contribution in [3.8, 4) is 5.88 Å². The summed E-state index contributed by atoms with van der Waals surface area (Å²) in [6.07, 6.45) is 8.49. The van der Waals surface area contributed by atoms with Crippen LogP contribution < -0.4 is 10.1 Å². The fraction of sp³-hybridized carbons (Fsp3) is 0.765. The molecule has 1 aromatic rings. The van der Waals surface area contributed by atoms with Crippen LogP contribution in [0.5, 0.6) is 5.88 Å². The fourth-order valence-corrected chi connectivity index (χ4v) is 3.17. The summed E-state index contributed by atoms with van der Waals surface area (Å²) in [5, 5.41) is 3.17.